The van der Waals surface area contributed by atoms with Crippen LogP contribution in [0.25, 0.3) is 0 Å². The SMILES string of the molecule is C[C@H](NS(=O)(=O)c1ccccc1F)C(=O)NCc1cccc(CN2CCN(C)CC2)c1. The number of hydrogen-bond donors (Lipinski definition) is 2. The number of halogens is 1. The summed E-state index contributed by atoms with van der Waals surface area (Å²) in [6.07, 6.45) is 0. The molecule has 3 rings (SSSR count). The third kappa shape index (κ3) is 6.57. The molecule has 0 aliphatic carbocycles. The van der Waals surface area contributed by atoms with Crippen molar-refractivity contribution in [2.24, 2.45) is 0 Å². The summed E-state index contributed by atoms with van der Waals surface area (Å²) in [5, 5.41) is 2.74. The Labute approximate surface area is 183 Å². The highest BCUT2D eigenvalue weighted by Gasteiger charge is 2.24. The molecule has 1 amide bonds. The molecular formula is C22H29FN4O3S. The summed E-state index contributed by atoms with van der Waals surface area (Å²) < 4.78 is 40.7. The number of piperazine rings is 1. The number of likely N-dealkylation sites (N-methyl/N-ethyl adjacent to an activating group) is 1. The predicted molar refractivity (Wildman–Crippen MR) is 117 cm³/mol. The molecule has 2 aromatic rings. The van der Waals surface area contributed by atoms with Crippen molar-refractivity contribution in [1.82, 2.24) is 19.8 Å². The standard InChI is InChI=1S/C22H29FN4O3S/c1-17(25-31(29,30)21-9-4-3-8-20(21)23)22(28)24-15-18-6-5-7-19(14-18)16-27-12-10-26(2)11-13-27/h3-9,14,17,25H,10-13,15-16H2,1-2H3,(H,24,28)/t17-/m0/s1. The molecule has 0 saturated carbocycles. The monoisotopic (exact) mass is 448 g/mol. The van der Waals surface area contributed by atoms with E-state index in [9.17, 15) is 17.6 Å². The molecule has 0 unspecified atom stereocenters. The molecule has 1 fully saturated rings. The molecule has 2 aromatic carbocycles. The van der Waals surface area contributed by atoms with Gasteiger partial charge in [0.05, 0.1) is 6.04 Å². The van der Waals surface area contributed by atoms with Crippen LogP contribution >= 0.6 is 0 Å². The minimum Gasteiger partial charge on any atom is -0.351 e. The second-order valence-corrected chi connectivity index (χ2v) is 9.57. The number of carbonyl (C=O) groups excluding carboxylic acids is 1. The average Bonchev–Trinajstić information content (AvgIpc) is 2.74. The Hall–Kier alpha value is -2.33. The molecule has 1 saturated heterocycles. The van der Waals surface area contributed by atoms with Gasteiger partial charge in [0.1, 0.15) is 10.7 Å². The van der Waals surface area contributed by atoms with Crippen LogP contribution in [0.4, 0.5) is 4.39 Å². The molecule has 0 aromatic heterocycles. The van der Waals surface area contributed by atoms with Gasteiger partial charge in [0, 0.05) is 39.3 Å². The van der Waals surface area contributed by atoms with Crippen LogP contribution in [-0.4, -0.2) is 63.4 Å². The van der Waals surface area contributed by atoms with E-state index in [1.807, 2.05) is 18.2 Å². The third-order valence-corrected chi connectivity index (χ3v) is 6.89. The summed E-state index contributed by atoms with van der Waals surface area (Å²) in [7, 11) is -2.02. The Morgan fingerprint density at radius 3 is 2.45 bits per heavy atom. The molecule has 2 N–H and O–H groups in total. The van der Waals surface area contributed by atoms with Crippen molar-refractivity contribution < 1.29 is 17.6 Å². The van der Waals surface area contributed by atoms with Crippen LogP contribution in [0.15, 0.2) is 53.4 Å². The van der Waals surface area contributed by atoms with Crippen molar-refractivity contribution in [3.63, 3.8) is 0 Å². The predicted octanol–water partition coefficient (Wildman–Crippen LogP) is 1.56. The lowest BCUT2D eigenvalue weighted by molar-refractivity contribution is -0.122. The highest BCUT2D eigenvalue weighted by atomic mass is 32.2. The van der Waals surface area contributed by atoms with Gasteiger partial charge >= 0.3 is 0 Å². The smallest absolute Gasteiger partial charge is 0.244 e. The fourth-order valence-electron chi connectivity index (χ4n) is 3.46. The van der Waals surface area contributed by atoms with Crippen molar-refractivity contribution in [1.29, 1.82) is 0 Å². The maximum Gasteiger partial charge on any atom is 0.244 e. The number of sulfonamides is 1. The lowest BCUT2D eigenvalue weighted by Gasteiger charge is -2.32. The van der Waals surface area contributed by atoms with E-state index in [-0.39, 0.29) is 6.54 Å². The van der Waals surface area contributed by atoms with E-state index in [1.165, 1.54) is 24.6 Å². The van der Waals surface area contributed by atoms with E-state index < -0.39 is 32.7 Å². The van der Waals surface area contributed by atoms with Gasteiger partial charge < -0.3 is 10.2 Å². The lowest BCUT2D eigenvalue weighted by atomic mass is 10.1. The summed E-state index contributed by atoms with van der Waals surface area (Å²) >= 11 is 0. The molecule has 1 aliphatic rings. The second-order valence-electron chi connectivity index (χ2n) is 7.89. The Bertz CT molecular complexity index is 1010. The maximum absolute atomic E-state index is 13.8. The van der Waals surface area contributed by atoms with Crippen molar-refractivity contribution in [2.45, 2.75) is 31.0 Å². The van der Waals surface area contributed by atoms with Gasteiger partial charge in [-0.25, -0.2) is 12.8 Å². The summed E-state index contributed by atoms with van der Waals surface area (Å²) in [4.78, 5) is 16.6. The van der Waals surface area contributed by atoms with Crippen LogP contribution in [0.1, 0.15) is 18.1 Å². The van der Waals surface area contributed by atoms with E-state index >= 15 is 0 Å². The Balaban J connectivity index is 1.53. The van der Waals surface area contributed by atoms with E-state index in [0.29, 0.717) is 0 Å². The van der Waals surface area contributed by atoms with Gasteiger partial charge in [0.2, 0.25) is 15.9 Å². The Kier molecular flexibility index (Phi) is 7.77. The van der Waals surface area contributed by atoms with E-state index in [4.69, 9.17) is 0 Å². The first-order chi connectivity index (χ1) is 14.7. The molecule has 1 atom stereocenters. The number of benzene rings is 2. The zero-order valence-electron chi connectivity index (χ0n) is 17.8. The highest BCUT2D eigenvalue weighted by Crippen LogP contribution is 2.14. The van der Waals surface area contributed by atoms with E-state index in [1.54, 1.807) is 0 Å². The molecule has 31 heavy (non-hydrogen) atoms. The highest BCUT2D eigenvalue weighted by molar-refractivity contribution is 7.89. The van der Waals surface area contributed by atoms with Crippen molar-refractivity contribution in [2.75, 3.05) is 33.2 Å². The maximum atomic E-state index is 13.8. The minimum atomic E-state index is -4.14. The van der Waals surface area contributed by atoms with E-state index in [2.05, 4.69) is 33.0 Å². The summed E-state index contributed by atoms with van der Waals surface area (Å²) in [6.45, 7) is 6.72. The van der Waals surface area contributed by atoms with Gasteiger partial charge in [-0.2, -0.15) is 4.72 Å². The fourth-order valence-corrected chi connectivity index (χ4v) is 4.74. The van der Waals surface area contributed by atoms with Crippen LogP contribution in [0.3, 0.4) is 0 Å². The summed E-state index contributed by atoms with van der Waals surface area (Å²) in [6, 6.07) is 12.0. The molecule has 1 heterocycles. The van der Waals surface area contributed by atoms with Gasteiger partial charge in [0.15, 0.2) is 0 Å². The number of nitrogens with zero attached hydrogens (tertiary/aromatic N) is 2. The molecule has 9 heteroatoms. The molecule has 7 nitrogen and oxygen atoms in total. The van der Waals surface area contributed by atoms with Crippen molar-refractivity contribution in [3.8, 4) is 0 Å². The molecule has 0 spiro atoms. The number of carbonyl (C=O) groups is 1. The zero-order chi connectivity index (χ0) is 22.4. The number of rotatable bonds is 8. The minimum absolute atomic E-state index is 0.279. The molecule has 1 aliphatic heterocycles. The number of amides is 1. The molecule has 0 bridgehead atoms. The first kappa shape index (κ1) is 23.3. The van der Waals surface area contributed by atoms with Gasteiger partial charge in [-0.3, -0.25) is 9.69 Å². The van der Waals surface area contributed by atoms with Gasteiger partial charge in [0.25, 0.3) is 0 Å². The van der Waals surface area contributed by atoms with Crippen LogP contribution in [0.2, 0.25) is 0 Å². The largest absolute Gasteiger partial charge is 0.351 e. The molecule has 168 valence electrons. The summed E-state index contributed by atoms with van der Waals surface area (Å²) in [5.74, 6) is -1.34. The second kappa shape index (κ2) is 10.3. The van der Waals surface area contributed by atoms with Gasteiger partial charge in [-0.1, -0.05) is 36.4 Å². The van der Waals surface area contributed by atoms with Crippen LogP contribution < -0.4 is 10.0 Å². The normalized spacial score (nSPS) is 16.7. The Morgan fingerprint density at radius 2 is 1.74 bits per heavy atom. The van der Waals surface area contributed by atoms with Crippen LogP contribution in [0.5, 0.6) is 0 Å². The number of hydrogen-bond acceptors (Lipinski definition) is 5. The van der Waals surface area contributed by atoms with Crippen molar-refractivity contribution in [3.05, 3.63) is 65.5 Å². The van der Waals surface area contributed by atoms with Crippen LogP contribution in [0, 0.1) is 5.82 Å². The van der Waals surface area contributed by atoms with Crippen LogP contribution in [-0.2, 0) is 27.9 Å². The average molecular weight is 449 g/mol. The molecule has 0 radical (unpaired) electrons. The summed E-state index contributed by atoms with van der Waals surface area (Å²) in [5.41, 5.74) is 2.11. The molecular weight excluding hydrogens is 419 g/mol. The number of nitrogens with one attached hydrogen (secondary N) is 2. The first-order valence-corrected chi connectivity index (χ1v) is 11.8. The van der Waals surface area contributed by atoms with Gasteiger partial charge in [-0.15, -0.1) is 0 Å². The van der Waals surface area contributed by atoms with Crippen molar-refractivity contribution >= 4 is 15.9 Å². The topological polar surface area (TPSA) is 81.7 Å². The fraction of sp³-hybridized carbons (Fsp3) is 0.409. The lowest BCUT2D eigenvalue weighted by Crippen LogP contribution is -2.44. The van der Waals surface area contributed by atoms with Gasteiger partial charge in [-0.05, 0) is 37.2 Å². The van der Waals surface area contributed by atoms with E-state index in [0.717, 1.165) is 50.4 Å². The first-order valence-electron chi connectivity index (χ1n) is 10.3. The quantitative estimate of drug-likeness (QED) is 0.641. The Morgan fingerprint density at radius 1 is 1.06 bits per heavy atom. The zero-order valence-corrected chi connectivity index (χ0v) is 18.7. The third-order valence-electron chi connectivity index (χ3n) is 5.31.